The number of aliphatic hydroxyl groups excluding tert-OH is 1. The van der Waals surface area contributed by atoms with Crippen LogP contribution in [0.5, 0.6) is 11.5 Å². The molecule has 1 aromatic carbocycles. The van der Waals surface area contributed by atoms with Crippen LogP contribution in [0.25, 0.3) is 0 Å². The normalized spacial score (nSPS) is 19.3. The minimum absolute atomic E-state index is 0.518. The van der Waals surface area contributed by atoms with Crippen molar-refractivity contribution < 1.29 is 14.6 Å². The quantitative estimate of drug-likeness (QED) is 0.758. The molecule has 0 aliphatic heterocycles. The maximum absolute atomic E-state index is 10.4. The van der Waals surface area contributed by atoms with Gasteiger partial charge in [0.1, 0.15) is 11.5 Å². The van der Waals surface area contributed by atoms with Gasteiger partial charge in [0.15, 0.2) is 0 Å². The minimum atomic E-state index is -0.603. The Labute approximate surface area is 126 Å². The van der Waals surface area contributed by atoms with Crippen molar-refractivity contribution in [3.05, 3.63) is 35.9 Å². The maximum Gasteiger partial charge on any atom is 0.124 e. The molecule has 1 aliphatic rings. The number of aliphatic hydroxyl groups is 1. The lowest BCUT2D eigenvalue weighted by Crippen LogP contribution is -2.28. The molecule has 2 atom stereocenters. The van der Waals surface area contributed by atoms with Crippen molar-refractivity contribution >= 4 is 0 Å². The number of hydrogen-bond donors (Lipinski definition) is 2. The molecule has 2 rings (SSSR count). The highest BCUT2D eigenvalue weighted by Crippen LogP contribution is 2.29. The van der Waals surface area contributed by atoms with Crippen LogP contribution >= 0.6 is 0 Å². The molecular weight excluding hydrogens is 266 g/mol. The van der Waals surface area contributed by atoms with Crippen LogP contribution in [0.1, 0.15) is 30.9 Å². The molecule has 0 radical (unpaired) electrons. The topological polar surface area (TPSA) is 50.7 Å². The van der Waals surface area contributed by atoms with Crippen molar-refractivity contribution in [1.82, 2.24) is 5.32 Å². The molecule has 0 spiro atoms. The van der Waals surface area contributed by atoms with Gasteiger partial charge in [-0.15, -0.1) is 0 Å². The number of ether oxygens (including phenoxy) is 2. The van der Waals surface area contributed by atoms with E-state index in [4.69, 9.17) is 9.47 Å². The summed E-state index contributed by atoms with van der Waals surface area (Å²) < 4.78 is 10.5. The summed E-state index contributed by atoms with van der Waals surface area (Å²) in [5, 5.41) is 13.7. The van der Waals surface area contributed by atoms with Gasteiger partial charge in [0.05, 0.1) is 20.3 Å². The van der Waals surface area contributed by atoms with E-state index in [1.165, 1.54) is 12.8 Å². The zero-order valence-electron chi connectivity index (χ0n) is 12.8. The van der Waals surface area contributed by atoms with Gasteiger partial charge in [-0.25, -0.2) is 0 Å². The summed E-state index contributed by atoms with van der Waals surface area (Å²) in [6.45, 7) is 1.46. The Morgan fingerprint density at radius 1 is 1.29 bits per heavy atom. The molecule has 0 saturated carbocycles. The van der Waals surface area contributed by atoms with Crippen LogP contribution in [0, 0.1) is 5.92 Å². The Morgan fingerprint density at radius 3 is 2.81 bits per heavy atom. The van der Waals surface area contributed by atoms with Gasteiger partial charge in [-0.05, 0) is 49.9 Å². The summed E-state index contributed by atoms with van der Waals surface area (Å²) in [5.41, 5.74) is 0.757. The fourth-order valence-electron chi connectivity index (χ4n) is 2.68. The van der Waals surface area contributed by atoms with Crippen LogP contribution in [-0.2, 0) is 0 Å². The summed E-state index contributed by atoms with van der Waals surface area (Å²) in [4.78, 5) is 0. The third kappa shape index (κ3) is 4.48. The zero-order chi connectivity index (χ0) is 15.1. The SMILES string of the molecule is COc1ccc(OC)c(C(O)CNCC2CC=CCC2)c1. The number of hydrogen-bond acceptors (Lipinski definition) is 4. The highest BCUT2D eigenvalue weighted by molar-refractivity contribution is 5.41. The first-order valence-electron chi connectivity index (χ1n) is 7.50. The smallest absolute Gasteiger partial charge is 0.124 e. The van der Waals surface area contributed by atoms with Gasteiger partial charge in [0.25, 0.3) is 0 Å². The van der Waals surface area contributed by atoms with Crippen LogP contribution in [0.15, 0.2) is 30.4 Å². The van der Waals surface area contributed by atoms with E-state index in [1.54, 1.807) is 14.2 Å². The lowest BCUT2D eigenvalue weighted by molar-refractivity contribution is 0.167. The van der Waals surface area contributed by atoms with E-state index in [0.29, 0.717) is 18.2 Å². The zero-order valence-corrected chi connectivity index (χ0v) is 12.8. The van der Waals surface area contributed by atoms with Gasteiger partial charge in [-0.3, -0.25) is 0 Å². The van der Waals surface area contributed by atoms with Gasteiger partial charge in [0.2, 0.25) is 0 Å². The predicted molar refractivity (Wildman–Crippen MR) is 83.9 cm³/mol. The van der Waals surface area contributed by atoms with Crippen LogP contribution in [0.2, 0.25) is 0 Å². The van der Waals surface area contributed by atoms with Gasteiger partial charge in [0, 0.05) is 12.1 Å². The third-order valence-corrected chi connectivity index (χ3v) is 3.94. The van der Waals surface area contributed by atoms with E-state index in [0.717, 1.165) is 24.3 Å². The average molecular weight is 291 g/mol. The molecule has 2 unspecified atom stereocenters. The van der Waals surface area contributed by atoms with E-state index >= 15 is 0 Å². The Kier molecular flexibility index (Phi) is 6.08. The Balaban J connectivity index is 1.89. The van der Waals surface area contributed by atoms with Crippen molar-refractivity contribution in [2.75, 3.05) is 27.3 Å². The first-order valence-corrected chi connectivity index (χ1v) is 7.50. The van der Waals surface area contributed by atoms with Crippen LogP contribution < -0.4 is 14.8 Å². The van der Waals surface area contributed by atoms with Gasteiger partial charge < -0.3 is 19.9 Å². The summed E-state index contributed by atoms with van der Waals surface area (Å²) in [6, 6.07) is 5.48. The lowest BCUT2D eigenvalue weighted by atomic mass is 9.94. The fraction of sp³-hybridized carbons (Fsp3) is 0.529. The monoisotopic (exact) mass is 291 g/mol. The molecule has 0 fully saturated rings. The highest BCUT2D eigenvalue weighted by atomic mass is 16.5. The standard InChI is InChI=1S/C17H25NO3/c1-20-14-8-9-17(21-2)15(10-14)16(19)12-18-11-13-6-4-3-5-7-13/h3-4,8-10,13,16,18-19H,5-7,11-12H2,1-2H3. The van der Waals surface area contributed by atoms with Gasteiger partial charge >= 0.3 is 0 Å². The maximum atomic E-state index is 10.4. The van der Waals surface area contributed by atoms with Crippen LogP contribution in [0.4, 0.5) is 0 Å². The second-order valence-electron chi connectivity index (χ2n) is 5.43. The van der Waals surface area contributed by atoms with E-state index in [9.17, 15) is 5.11 Å². The van der Waals surface area contributed by atoms with E-state index in [2.05, 4.69) is 17.5 Å². The van der Waals surface area contributed by atoms with Gasteiger partial charge in [-0.1, -0.05) is 12.2 Å². The van der Waals surface area contributed by atoms with Gasteiger partial charge in [-0.2, -0.15) is 0 Å². The average Bonchev–Trinajstić information content (AvgIpc) is 2.55. The third-order valence-electron chi connectivity index (χ3n) is 3.94. The van der Waals surface area contributed by atoms with Crippen molar-refractivity contribution in [3.63, 3.8) is 0 Å². The minimum Gasteiger partial charge on any atom is -0.497 e. The Bertz CT molecular complexity index is 473. The molecule has 0 heterocycles. The predicted octanol–water partition coefficient (Wildman–Crippen LogP) is 2.68. The molecule has 116 valence electrons. The Hall–Kier alpha value is -1.52. The summed E-state index contributed by atoms with van der Waals surface area (Å²) in [6.07, 6.45) is 7.41. The molecule has 2 N–H and O–H groups in total. The molecule has 4 heteroatoms. The van der Waals surface area contributed by atoms with Crippen molar-refractivity contribution in [2.45, 2.75) is 25.4 Å². The number of rotatable bonds is 7. The fourth-order valence-corrected chi connectivity index (χ4v) is 2.68. The number of allylic oxidation sites excluding steroid dienone is 2. The molecule has 0 aromatic heterocycles. The number of methoxy groups -OCH3 is 2. The van der Waals surface area contributed by atoms with Crippen LogP contribution in [-0.4, -0.2) is 32.4 Å². The number of nitrogens with one attached hydrogen (secondary N) is 1. The molecule has 0 amide bonds. The molecule has 1 aliphatic carbocycles. The van der Waals surface area contributed by atoms with Crippen molar-refractivity contribution in [2.24, 2.45) is 5.92 Å². The Morgan fingerprint density at radius 2 is 2.14 bits per heavy atom. The molecule has 0 saturated heterocycles. The van der Waals surface area contributed by atoms with Crippen molar-refractivity contribution in [1.29, 1.82) is 0 Å². The van der Waals surface area contributed by atoms with Crippen LogP contribution in [0.3, 0.4) is 0 Å². The molecule has 1 aromatic rings. The summed E-state index contributed by atoms with van der Waals surface area (Å²) in [7, 11) is 3.23. The second-order valence-corrected chi connectivity index (χ2v) is 5.43. The first kappa shape index (κ1) is 15.9. The molecule has 0 bridgehead atoms. The van der Waals surface area contributed by atoms with E-state index in [1.807, 2.05) is 18.2 Å². The van der Waals surface area contributed by atoms with E-state index in [-0.39, 0.29) is 0 Å². The molecule has 21 heavy (non-hydrogen) atoms. The lowest BCUT2D eigenvalue weighted by Gasteiger charge is -2.20. The highest BCUT2D eigenvalue weighted by Gasteiger charge is 2.15. The molecular formula is C17H25NO3. The largest absolute Gasteiger partial charge is 0.497 e. The first-order chi connectivity index (χ1) is 10.2. The van der Waals surface area contributed by atoms with Crippen molar-refractivity contribution in [3.8, 4) is 11.5 Å². The number of benzene rings is 1. The summed E-state index contributed by atoms with van der Waals surface area (Å²) >= 11 is 0. The summed E-state index contributed by atoms with van der Waals surface area (Å²) in [5.74, 6) is 2.09. The molecule has 4 nitrogen and oxygen atoms in total. The second kappa shape index (κ2) is 8.05. The van der Waals surface area contributed by atoms with E-state index < -0.39 is 6.10 Å².